The summed E-state index contributed by atoms with van der Waals surface area (Å²) < 4.78 is 10.7. The third kappa shape index (κ3) is 8.20. The van der Waals surface area contributed by atoms with Gasteiger partial charge in [-0.2, -0.15) is 5.26 Å². The van der Waals surface area contributed by atoms with Crippen LogP contribution in [0, 0.1) is 11.3 Å². The fraction of sp³-hybridized carbons (Fsp3) is 0.250. The van der Waals surface area contributed by atoms with Crippen molar-refractivity contribution in [2.24, 2.45) is 0 Å². The zero-order valence-electron chi connectivity index (χ0n) is 19.7. The van der Waals surface area contributed by atoms with Crippen LogP contribution in [0.3, 0.4) is 0 Å². The monoisotopic (exact) mass is 488 g/mol. The summed E-state index contributed by atoms with van der Waals surface area (Å²) in [5, 5.41) is 12.3. The maximum atomic E-state index is 12.8. The maximum Gasteiger partial charge on any atom is 0.305 e. The molecule has 3 rings (SSSR count). The first-order valence-electron chi connectivity index (χ1n) is 11.6. The fourth-order valence-corrected chi connectivity index (χ4v) is 4.28. The molecule has 0 atom stereocenters. The first kappa shape index (κ1) is 25.9. The van der Waals surface area contributed by atoms with Gasteiger partial charge in [-0.1, -0.05) is 36.0 Å². The molecular formula is C28H28N2O4S. The van der Waals surface area contributed by atoms with Crippen LogP contribution in [0.5, 0.6) is 5.75 Å². The van der Waals surface area contributed by atoms with Gasteiger partial charge in [-0.15, -0.1) is 0 Å². The molecule has 1 amide bonds. The number of nitrogens with zero attached hydrogens (tertiary/aromatic N) is 1. The number of amides is 1. The highest BCUT2D eigenvalue weighted by atomic mass is 32.2. The SMILES string of the molecule is CCOC(=O)CCCCCOc1ccc(C(=O)Nc2ccccc2Sc2ccccc2C#N)cc1. The van der Waals surface area contributed by atoms with E-state index >= 15 is 0 Å². The third-order valence-corrected chi connectivity index (χ3v) is 6.23. The highest BCUT2D eigenvalue weighted by molar-refractivity contribution is 7.99. The molecule has 0 radical (unpaired) electrons. The van der Waals surface area contributed by atoms with Crippen molar-refractivity contribution in [3.63, 3.8) is 0 Å². The van der Waals surface area contributed by atoms with Crippen LogP contribution in [0.2, 0.25) is 0 Å². The average molecular weight is 489 g/mol. The molecule has 0 spiro atoms. The summed E-state index contributed by atoms with van der Waals surface area (Å²) >= 11 is 1.44. The van der Waals surface area contributed by atoms with Gasteiger partial charge in [0.15, 0.2) is 0 Å². The van der Waals surface area contributed by atoms with Gasteiger partial charge in [0.25, 0.3) is 5.91 Å². The first-order chi connectivity index (χ1) is 17.1. The molecule has 0 aliphatic carbocycles. The van der Waals surface area contributed by atoms with Crippen molar-refractivity contribution in [3.05, 3.63) is 83.9 Å². The molecule has 7 heteroatoms. The summed E-state index contributed by atoms with van der Waals surface area (Å²) in [4.78, 5) is 25.8. The van der Waals surface area contributed by atoms with E-state index in [-0.39, 0.29) is 11.9 Å². The predicted molar refractivity (Wildman–Crippen MR) is 137 cm³/mol. The van der Waals surface area contributed by atoms with Crippen molar-refractivity contribution in [1.82, 2.24) is 0 Å². The van der Waals surface area contributed by atoms with E-state index in [4.69, 9.17) is 9.47 Å². The molecule has 6 nitrogen and oxygen atoms in total. The van der Waals surface area contributed by atoms with Gasteiger partial charge < -0.3 is 14.8 Å². The van der Waals surface area contributed by atoms with E-state index < -0.39 is 0 Å². The molecule has 0 fully saturated rings. The Kier molecular flexibility index (Phi) is 10.2. The summed E-state index contributed by atoms with van der Waals surface area (Å²) in [6.07, 6.45) is 2.94. The van der Waals surface area contributed by atoms with Crippen LogP contribution in [0.25, 0.3) is 0 Å². The Labute approximate surface area is 210 Å². The Bertz CT molecular complexity index is 1170. The van der Waals surface area contributed by atoms with Gasteiger partial charge in [-0.25, -0.2) is 0 Å². The number of rotatable bonds is 12. The number of anilines is 1. The lowest BCUT2D eigenvalue weighted by atomic mass is 10.2. The van der Waals surface area contributed by atoms with Crippen molar-refractivity contribution in [3.8, 4) is 11.8 Å². The Morgan fingerprint density at radius 3 is 2.37 bits per heavy atom. The van der Waals surface area contributed by atoms with Crippen LogP contribution < -0.4 is 10.1 Å². The number of hydrogen-bond donors (Lipinski definition) is 1. The van der Waals surface area contributed by atoms with Crippen LogP contribution in [0.15, 0.2) is 82.6 Å². The molecule has 35 heavy (non-hydrogen) atoms. The number of nitriles is 1. The molecule has 0 aliphatic rings. The predicted octanol–water partition coefficient (Wildman–Crippen LogP) is 6.46. The second-order valence-electron chi connectivity index (χ2n) is 7.65. The molecule has 0 saturated carbocycles. The van der Waals surface area contributed by atoms with Gasteiger partial charge in [0.2, 0.25) is 0 Å². The number of ether oxygens (including phenoxy) is 2. The van der Waals surface area contributed by atoms with Gasteiger partial charge in [-0.3, -0.25) is 9.59 Å². The van der Waals surface area contributed by atoms with E-state index in [0.717, 1.165) is 29.1 Å². The first-order valence-corrected chi connectivity index (χ1v) is 12.4. The number of unbranched alkanes of at least 4 members (excludes halogenated alkanes) is 2. The third-order valence-electron chi connectivity index (χ3n) is 5.08. The number of nitrogens with one attached hydrogen (secondary N) is 1. The molecule has 3 aromatic rings. The molecule has 1 N–H and O–H groups in total. The van der Waals surface area contributed by atoms with E-state index in [2.05, 4.69) is 11.4 Å². The van der Waals surface area contributed by atoms with Crippen LogP contribution in [0.1, 0.15) is 48.5 Å². The number of esters is 1. The van der Waals surface area contributed by atoms with Crippen molar-refractivity contribution in [2.45, 2.75) is 42.4 Å². The normalized spacial score (nSPS) is 10.3. The molecular weight excluding hydrogens is 460 g/mol. The lowest BCUT2D eigenvalue weighted by molar-refractivity contribution is -0.143. The minimum Gasteiger partial charge on any atom is -0.494 e. The van der Waals surface area contributed by atoms with E-state index in [1.54, 1.807) is 37.3 Å². The highest BCUT2D eigenvalue weighted by Crippen LogP contribution is 2.35. The molecule has 0 saturated heterocycles. The van der Waals surface area contributed by atoms with Gasteiger partial charge >= 0.3 is 5.97 Å². The van der Waals surface area contributed by atoms with Crippen LogP contribution >= 0.6 is 11.8 Å². The molecule has 0 bridgehead atoms. The minimum absolute atomic E-state index is 0.157. The topological polar surface area (TPSA) is 88.4 Å². The summed E-state index contributed by atoms with van der Waals surface area (Å²) in [5.41, 5.74) is 1.79. The van der Waals surface area contributed by atoms with E-state index in [9.17, 15) is 14.9 Å². The molecule has 3 aromatic carbocycles. The molecule has 0 heterocycles. The largest absolute Gasteiger partial charge is 0.494 e. The summed E-state index contributed by atoms with van der Waals surface area (Å²) in [5.74, 6) is 0.309. The Morgan fingerprint density at radius 1 is 0.914 bits per heavy atom. The number of hydrogen-bond acceptors (Lipinski definition) is 6. The molecule has 0 unspecified atom stereocenters. The molecule has 0 aliphatic heterocycles. The lowest BCUT2D eigenvalue weighted by Crippen LogP contribution is -2.12. The van der Waals surface area contributed by atoms with Crippen LogP contribution in [-0.2, 0) is 9.53 Å². The van der Waals surface area contributed by atoms with Crippen molar-refractivity contribution >= 4 is 29.3 Å². The molecule has 180 valence electrons. The Hall–Kier alpha value is -3.76. The average Bonchev–Trinajstić information content (AvgIpc) is 2.88. The Balaban J connectivity index is 1.51. The summed E-state index contributed by atoms with van der Waals surface area (Å²) in [7, 11) is 0. The fourth-order valence-electron chi connectivity index (χ4n) is 3.29. The van der Waals surface area contributed by atoms with Crippen molar-refractivity contribution in [2.75, 3.05) is 18.5 Å². The smallest absolute Gasteiger partial charge is 0.305 e. The maximum absolute atomic E-state index is 12.8. The second kappa shape index (κ2) is 13.8. The minimum atomic E-state index is -0.225. The zero-order valence-corrected chi connectivity index (χ0v) is 20.5. The van der Waals surface area contributed by atoms with Crippen LogP contribution in [0.4, 0.5) is 5.69 Å². The van der Waals surface area contributed by atoms with Crippen LogP contribution in [-0.4, -0.2) is 25.1 Å². The number of benzene rings is 3. The zero-order chi connectivity index (χ0) is 24.9. The van der Waals surface area contributed by atoms with Gasteiger partial charge in [-0.05, 0) is 74.7 Å². The lowest BCUT2D eigenvalue weighted by Gasteiger charge is -2.12. The number of carbonyl (C=O) groups is 2. The van der Waals surface area contributed by atoms with E-state index in [1.165, 1.54) is 11.8 Å². The van der Waals surface area contributed by atoms with Crippen molar-refractivity contribution < 1.29 is 19.1 Å². The number of carbonyl (C=O) groups excluding carboxylic acids is 2. The second-order valence-corrected chi connectivity index (χ2v) is 8.73. The van der Waals surface area contributed by atoms with E-state index in [1.807, 2.05) is 42.5 Å². The number of para-hydroxylation sites is 1. The standard InChI is InChI=1S/C28H28N2O4S/c1-2-33-27(31)14-4-3-9-19-34-23-17-15-21(16-18-23)28(32)30-24-11-6-8-13-26(24)35-25-12-7-5-10-22(25)20-29/h5-8,10-13,15-18H,2-4,9,14,19H2,1H3,(H,30,32). The van der Waals surface area contributed by atoms with Gasteiger partial charge in [0, 0.05) is 21.8 Å². The Morgan fingerprint density at radius 2 is 1.63 bits per heavy atom. The van der Waals surface area contributed by atoms with Crippen molar-refractivity contribution in [1.29, 1.82) is 5.26 Å². The molecule has 0 aromatic heterocycles. The summed E-state index contributed by atoms with van der Waals surface area (Å²) in [6, 6.07) is 24.1. The van der Waals surface area contributed by atoms with Gasteiger partial charge in [0.1, 0.15) is 11.8 Å². The summed E-state index contributed by atoms with van der Waals surface area (Å²) in [6.45, 7) is 2.76. The highest BCUT2D eigenvalue weighted by Gasteiger charge is 2.12. The quantitative estimate of drug-likeness (QED) is 0.232. The van der Waals surface area contributed by atoms with Gasteiger partial charge in [0.05, 0.1) is 24.5 Å². The van der Waals surface area contributed by atoms with E-state index in [0.29, 0.717) is 42.2 Å².